The Labute approximate surface area is 134 Å². The number of fused-ring (bicyclic) bond motifs is 1. The highest BCUT2D eigenvalue weighted by molar-refractivity contribution is 9.10. The second kappa shape index (κ2) is 6.20. The summed E-state index contributed by atoms with van der Waals surface area (Å²) in [6.45, 7) is 8.21. The number of nitrogens with one attached hydrogen (secondary N) is 1. The van der Waals surface area contributed by atoms with Crippen molar-refractivity contribution in [2.24, 2.45) is 0 Å². The van der Waals surface area contributed by atoms with Crippen LogP contribution in [0.3, 0.4) is 0 Å². The molecule has 5 heteroatoms. The molecule has 0 amide bonds. The molecule has 2 aromatic rings. The predicted octanol–water partition coefficient (Wildman–Crippen LogP) is 3.34. The van der Waals surface area contributed by atoms with Crippen LogP contribution in [0.15, 0.2) is 35.1 Å². The van der Waals surface area contributed by atoms with Gasteiger partial charge in [-0.25, -0.2) is 4.98 Å². The maximum atomic E-state index is 4.42. The molecular formula is C16H21BrN4. The largest absolute Gasteiger partial charge is 0.362 e. The van der Waals surface area contributed by atoms with Gasteiger partial charge in [0.1, 0.15) is 5.82 Å². The topological polar surface area (TPSA) is 33.1 Å². The van der Waals surface area contributed by atoms with Crippen molar-refractivity contribution in [1.82, 2.24) is 14.9 Å². The summed E-state index contributed by atoms with van der Waals surface area (Å²) in [4.78, 5) is 6.81. The van der Waals surface area contributed by atoms with Crippen molar-refractivity contribution in [2.45, 2.75) is 33.0 Å². The molecule has 1 unspecified atom stereocenters. The van der Waals surface area contributed by atoms with Crippen molar-refractivity contribution in [3.63, 3.8) is 0 Å². The van der Waals surface area contributed by atoms with Gasteiger partial charge in [-0.1, -0.05) is 28.9 Å². The molecule has 1 N–H and O–H groups in total. The number of rotatable bonds is 4. The fourth-order valence-electron chi connectivity index (χ4n) is 2.87. The number of hydrogen-bond donors (Lipinski definition) is 1. The van der Waals surface area contributed by atoms with Crippen molar-refractivity contribution in [2.75, 3.05) is 18.0 Å². The van der Waals surface area contributed by atoms with E-state index in [4.69, 9.17) is 0 Å². The summed E-state index contributed by atoms with van der Waals surface area (Å²) in [6, 6.07) is 7.01. The first kappa shape index (κ1) is 14.6. The predicted molar refractivity (Wildman–Crippen MR) is 89.5 cm³/mol. The highest BCUT2D eigenvalue weighted by Crippen LogP contribution is 2.29. The van der Waals surface area contributed by atoms with Gasteiger partial charge in [-0.15, -0.1) is 0 Å². The Hall–Kier alpha value is -1.33. The molecule has 1 aliphatic rings. The Balaban J connectivity index is 1.80. The fraction of sp³-hybridized carbons (Fsp3) is 0.438. The van der Waals surface area contributed by atoms with E-state index in [-0.39, 0.29) is 0 Å². The third kappa shape index (κ3) is 2.99. The van der Waals surface area contributed by atoms with Gasteiger partial charge in [0.15, 0.2) is 0 Å². The molecule has 0 spiro atoms. The van der Waals surface area contributed by atoms with Crippen LogP contribution in [-0.4, -0.2) is 22.6 Å². The van der Waals surface area contributed by atoms with E-state index in [1.807, 2.05) is 6.20 Å². The standard InChI is InChI=1S/C16H21BrN4/c1-3-18-12(2)14-5-4-13(10-15(14)17)21-9-8-20-7-6-19-16(20)11-21/h4-7,10,12,18H,3,8-9,11H2,1-2H3. The van der Waals surface area contributed by atoms with Gasteiger partial charge in [0, 0.05) is 41.7 Å². The van der Waals surface area contributed by atoms with Gasteiger partial charge in [-0.2, -0.15) is 0 Å². The van der Waals surface area contributed by atoms with Crippen molar-refractivity contribution in [3.05, 3.63) is 46.5 Å². The Morgan fingerprint density at radius 3 is 3.00 bits per heavy atom. The molecule has 4 nitrogen and oxygen atoms in total. The maximum Gasteiger partial charge on any atom is 0.128 e. The summed E-state index contributed by atoms with van der Waals surface area (Å²) < 4.78 is 3.40. The van der Waals surface area contributed by atoms with Crippen LogP contribution in [0.2, 0.25) is 0 Å². The average Bonchev–Trinajstić information content (AvgIpc) is 2.94. The molecule has 0 fully saturated rings. The van der Waals surface area contributed by atoms with Crippen LogP contribution in [0, 0.1) is 0 Å². The van der Waals surface area contributed by atoms with Crippen LogP contribution in [0.1, 0.15) is 31.3 Å². The Morgan fingerprint density at radius 2 is 2.24 bits per heavy atom. The number of benzene rings is 1. The first-order chi connectivity index (χ1) is 10.2. The molecular weight excluding hydrogens is 328 g/mol. The van der Waals surface area contributed by atoms with Crippen LogP contribution in [-0.2, 0) is 13.1 Å². The highest BCUT2D eigenvalue weighted by Gasteiger charge is 2.18. The van der Waals surface area contributed by atoms with Crippen LogP contribution in [0.5, 0.6) is 0 Å². The normalized spacial score (nSPS) is 15.9. The van der Waals surface area contributed by atoms with E-state index in [9.17, 15) is 0 Å². The number of imidazole rings is 1. The second-order valence-electron chi connectivity index (χ2n) is 5.44. The first-order valence-corrected chi connectivity index (χ1v) is 8.26. The van der Waals surface area contributed by atoms with Crippen molar-refractivity contribution in [1.29, 1.82) is 0 Å². The molecule has 1 atom stereocenters. The minimum atomic E-state index is 0.360. The molecule has 2 heterocycles. The van der Waals surface area contributed by atoms with E-state index >= 15 is 0 Å². The lowest BCUT2D eigenvalue weighted by Crippen LogP contribution is -2.33. The summed E-state index contributed by atoms with van der Waals surface area (Å²) in [6.07, 6.45) is 3.94. The summed E-state index contributed by atoms with van der Waals surface area (Å²) in [7, 11) is 0. The number of halogens is 1. The molecule has 0 saturated carbocycles. The van der Waals surface area contributed by atoms with Gasteiger partial charge in [0.05, 0.1) is 6.54 Å². The van der Waals surface area contributed by atoms with Gasteiger partial charge < -0.3 is 14.8 Å². The van der Waals surface area contributed by atoms with E-state index in [0.717, 1.165) is 32.0 Å². The lowest BCUT2D eigenvalue weighted by molar-refractivity contribution is 0.559. The molecule has 112 valence electrons. The molecule has 0 bridgehead atoms. The number of anilines is 1. The Bertz CT molecular complexity index is 622. The third-order valence-corrected chi connectivity index (χ3v) is 4.76. The summed E-state index contributed by atoms with van der Waals surface area (Å²) in [5.41, 5.74) is 2.56. The lowest BCUT2D eigenvalue weighted by Gasteiger charge is -2.30. The maximum absolute atomic E-state index is 4.42. The van der Waals surface area contributed by atoms with Crippen LogP contribution in [0.25, 0.3) is 0 Å². The third-order valence-electron chi connectivity index (χ3n) is 4.07. The first-order valence-electron chi connectivity index (χ1n) is 7.47. The molecule has 0 radical (unpaired) electrons. The van der Waals surface area contributed by atoms with Crippen molar-refractivity contribution in [3.8, 4) is 0 Å². The zero-order chi connectivity index (χ0) is 14.8. The molecule has 1 aromatic carbocycles. The van der Waals surface area contributed by atoms with Crippen LogP contribution < -0.4 is 10.2 Å². The van der Waals surface area contributed by atoms with Crippen LogP contribution >= 0.6 is 15.9 Å². The number of hydrogen-bond acceptors (Lipinski definition) is 3. The smallest absolute Gasteiger partial charge is 0.128 e. The van der Waals surface area contributed by atoms with E-state index in [1.165, 1.54) is 15.7 Å². The SMILES string of the molecule is CCNC(C)c1ccc(N2CCn3ccnc3C2)cc1Br. The van der Waals surface area contributed by atoms with Gasteiger partial charge in [-0.3, -0.25) is 0 Å². The quantitative estimate of drug-likeness (QED) is 0.919. The van der Waals surface area contributed by atoms with E-state index in [2.05, 4.69) is 73.9 Å². The fourth-order valence-corrected chi connectivity index (χ4v) is 3.58. The monoisotopic (exact) mass is 348 g/mol. The lowest BCUT2D eigenvalue weighted by atomic mass is 10.1. The number of nitrogens with zero attached hydrogens (tertiary/aromatic N) is 3. The Morgan fingerprint density at radius 1 is 1.38 bits per heavy atom. The number of aromatic nitrogens is 2. The zero-order valence-corrected chi connectivity index (χ0v) is 14.1. The van der Waals surface area contributed by atoms with Gasteiger partial charge in [0.25, 0.3) is 0 Å². The minimum Gasteiger partial charge on any atom is -0.362 e. The van der Waals surface area contributed by atoms with Gasteiger partial charge in [-0.05, 0) is 31.2 Å². The molecule has 1 aliphatic heterocycles. The Kier molecular flexibility index (Phi) is 4.31. The molecule has 0 aliphatic carbocycles. The minimum absolute atomic E-state index is 0.360. The van der Waals surface area contributed by atoms with Gasteiger partial charge >= 0.3 is 0 Å². The molecule has 0 saturated heterocycles. The molecule has 21 heavy (non-hydrogen) atoms. The molecule has 3 rings (SSSR count). The van der Waals surface area contributed by atoms with Crippen molar-refractivity contribution >= 4 is 21.6 Å². The summed E-state index contributed by atoms with van der Waals surface area (Å²) in [5, 5.41) is 3.45. The highest BCUT2D eigenvalue weighted by atomic mass is 79.9. The van der Waals surface area contributed by atoms with E-state index in [0.29, 0.717) is 6.04 Å². The zero-order valence-electron chi connectivity index (χ0n) is 12.5. The van der Waals surface area contributed by atoms with Crippen LogP contribution in [0.4, 0.5) is 5.69 Å². The molecule has 1 aromatic heterocycles. The average molecular weight is 349 g/mol. The van der Waals surface area contributed by atoms with E-state index < -0.39 is 0 Å². The van der Waals surface area contributed by atoms with Crippen molar-refractivity contribution < 1.29 is 0 Å². The van der Waals surface area contributed by atoms with E-state index in [1.54, 1.807) is 0 Å². The van der Waals surface area contributed by atoms with Gasteiger partial charge in [0.2, 0.25) is 0 Å². The second-order valence-corrected chi connectivity index (χ2v) is 6.30. The summed E-state index contributed by atoms with van der Waals surface area (Å²) in [5.74, 6) is 1.14. The summed E-state index contributed by atoms with van der Waals surface area (Å²) >= 11 is 3.72.